The van der Waals surface area contributed by atoms with E-state index >= 15 is 0 Å². The van der Waals surface area contributed by atoms with E-state index in [1.165, 1.54) is 0 Å². The normalized spacial score (nSPS) is 17.7. The van der Waals surface area contributed by atoms with E-state index in [-0.39, 0.29) is 6.03 Å². The zero-order valence-corrected chi connectivity index (χ0v) is 12.8. The average molecular weight is 298 g/mol. The lowest BCUT2D eigenvalue weighted by Gasteiger charge is -2.32. The highest BCUT2D eigenvalue weighted by Crippen LogP contribution is 2.07. The summed E-state index contributed by atoms with van der Waals surface area (Å²) >= 11 is 1.59. The van der Waals surface area contributed by atoms with Gasteiger partial charge in [-0.3, -0.25) is 4.90 Å². The minimum atomic E-state index is -0.143. The van der Waals surface area contributed by atoms with Crippen molar-refractivity contribution >= 4 is 17.4 Å². The number of thiazole rings is 1. The van der Waals surface area contributed by atoms with Crippen molar-refractivity contribution in [1.82, 2.24) is 20.5 Å². The molecule has 1 aliphatic rings. The average Bonchev–Trinajstić information content (AvgIpc) is 2.89. The van der Waals surface area contributed by atoms with Crippen LogP contribution >= 0.6 is 11.3 Å². The molecule has 2 amide bonds. The van der Waals surface area contributed by atoms with Gasteiger partial charge in [-0.15, -0.1) is 11.3 Å². The molecule has 1 atom stereocenters. The first kappa shape index (κ1) is 15.2. The molecule has 2 heterocycles. The summed E-state index contributed by atoms with van der Waals surface area (Å²) in [6, 6.07) is 0.182. The van der Waals surface area contributed by atoms with Gasteiger partial charge < -0.3 is 15.4 Å². The molecule has 0 aromatic carbocycles. The van der Waals surface area contributed by atoms with Gasteiger partial charge in [-0.05, 0) is 13.8 Å². The zero-order valence-electron chi connectivity index (χ0n) is 12.0. The number of hydrogen-bond donors (Lipinski definition) is 2. The largest absolute Gasteiger partial charge is 0.379 e. The number of urea groups is 1. The molecule has 2 rings (SSSR count). The Balaban J connectivity index is 1.64. The molecule has 0 spiro atoms. The molecule has 0 radical (unpaired) electrons. The number of morpholine rings is 1. The van der Waals surface area contributed by atoms with Crippen LogP contribution < -0.4 is 10.6 Å². The van der Waals surface area contributed by atoms with Crippen LogP contribution in [0.2, 0.25) is 0 Å². The summed E-state index contributed by atoms with van der Waals surface area (Å²) in [5.74, 6) is 0. The number of carbonyl (C=O) groups is 1. The van der Waals surface area contributed by atoms with E-state index in [2.05, 4.69) is 27.4 Å². The Morgan fingerprint density at radius 3 is 2.90 bits per heavy atom. The SMILES string of the molecule is Cc1nc(CNC(=O)NCC(C)N2CCOCC2)cs1. The quantitative estimate of drug-likeness (QED) is 0.850. The van der Waals surface area contributed by atoms with E-state index in [9.17, 15) is 4.79 Å². The second-order valence-electron chi connectivity index (χ2n) is 4.92. The molecule has 1 aliphatic heterocycles. The molecule has 112 valence electrons. The van der Waals surface area contributed by atoms with Crippen LogP contribution in [-0.4, -0.2) is 54.8 Å². The maximum absolute atomic E-state index is 11.7. The number of amides is 2. The minimum Gasteiger partial charge on any atom is -0.379 e. The molecule has 0 bridgehead atoms. The van der Waals surface area contributed by atoms with Crippen LogP contribution in [0.25, 0.3) is 0 Å². The summed E-state index contributed by atoms with van der Waals surface area (Å²) in [5, 5.41) is 8.70. The summed E-state index contributed by atoms with van der Waals surface area (Å²) in [6.45, 7) is 8.61. The number of aromatic nitrogens is 1. The fraction of sp³-hybridized carbons (Fsp3) is 0.692. The number of aryl methyl sites for hydroxylation is 1. The molecule has 2 N–H and O–H groups in total. The fourth-order valence-corrected chi connectivity index (χ4v) is 2.72. The lowest BCUT2D eigenvalue weighted by atomic mass is 10.2. The monoisotopic (exact) mass is 298 g/mol. The number of nitrogens with zero attached hydrogens (tertiary/aromatic N) is 2. The van der Waals surface area contributed by atoms with Crippen LogP contribution in [0.5, 0.6) is 0 Å². The van der Waals surface area contributed by atoms with E-state index < -0.39 is 0 Å². The topological polar surface area (TPSA) is 66.5 Å². The lowest BCUT2D eigenvalue weighted by Crippen LogP contribution is -2.48. The number of rotatable bonds is 5. The molecular formula is C13H22N4O2S. The van der Waals surface area contributed by atoms with E-state index in [1.54, 1.807) is 11.3 Å². The molecule has 1 aromatic rings. The molecule has 20 heavy (non-hydrogen) atoms. The first-order chi connectivity index (χ1) is 9.65. The molecule has 0 aliphatic carbocycles. The molecule has 1 unspecified atom stereocenters. The highest BCUT2D eigenvalue weighted by Gasteiger charge is 2.17. The third-order valence-electron chi connectivity index (χ3n) is 3.32. The van der Waals surface area contributed by atoms with Gasteiger partial charge in [-0.1, -0.05) is 0 Å². The molecule has 7 heteroatoms. The first-order valence-corrected chi connectivity index (χ1v) is 7.77. The van der Waals surface area contributed by atoms with E-state index in [0.29, 0.717) is 19.1 Å². The van der Waals surface area contributed by atoms with Crippen molar-refractivity contribution in [1.29, 1.82) is 0 Å². The molecule has 1 saturated heterocycles. The van der Waals surface area contributed by atoms with Crippen molar-refractivity contribution in [3.63, 3.8) is 0 Å². The Kier molecular flexibility index (Phi) is 5.75. The van der Waals surface area contributed by atoms with Crippen molar-refractivity contribution in [3.8, 4) is 0 Å². The maximum atomic E-state index is 11.7. The molecule has 1 fully saturated rings. The predicted molar refractivity (Wildman–Crippen MR) is 78.9 cm³/mol. The van der Waals surface area contributed by atoms with Crippen LogP contribution in [0.15, 0.2) is 5.38 Å². The second-order valence-corrected chi connectivity index (χ2v) is 5.98. The highest BCUT2D eigenvalue weighted by molar-refractivity contribution is 7.09. The van der Waals surface area contributed by atoms with Crippen molar-refractivity contribution in [2.45, 2.75) is 26.4 Å². The Hall–Kier alpha value is -1.18. The standard InChI is InChI=1S/C13H22N4O2S/c1-10(17-3-5-19-6-4-17)7-14-13(18)15-8-12-9-20-11(2)16-12/h9-10H,3-8H2,1-2H3,(H2,14,15,18). The van der Waals surface area contributed by atoms with Gasteiger partial charge >= 0.3 is 6.03 Å². The third kappa shape index (κ3) is 4.73. The molecular weight excluding hydrogens is 276 g/mol. The van der Waals surface area contributed by atoms with Crippen molar-refractivity contribution in [3.05, 3.63) is 16.1 Å². The van der Waals surface area contributed by atoms with Crippen molar-refractivity contribution in [2.24, 2.45) is 0 Å². The summed E-state index contributed by atoms with van der Waals surface area (Å²) in [4.78, 5) is 18.4. The fourth-order valence-electron chi connectivity index (χ4n) is 2.11. The van der Waals surface area contributed by atoms with Crippen molar-refractivity contribution in [2.75, 3.05) is 32.8 Å². The number of nitrogens with one attached hydrogen (secondary N) is 2. The number of hydrogen-bond acceptors (Lipinski definition) is 5. The minimum absolute atomic E-state index is 0.143. The van der Waals surface area contributed by atoms with Gasteiger partial charge in [-0.25, -0.2) is 9.78 Å². The van der Waals surface area contributed by atoms with Gasteiger partial charge in [0.2, 0.25) is 0 Å². The van der Waals surface area contributed by atoms with Gasteiger partial charge in [0.25, 0.3) is 0 Å². The van der Waals surface area contributed by atoms with Gasteiger partial charge in [0, 0.05) is 31.1 Å². The Morgan fingerprint density at radius 2 is 2.25 bits per heavy atom. The van der Waals surface area contributed by atoms with Crippen LogP contribution in [0.1, 0.15) is 17.6 Å². The van der Waals surface area contributed by atoms with E-state index in [1.807, 2.05) is 12.3 Å². The van der Waals surface area contributed by atoms with Crippen LogP contribution in [-0.2, 0) is 11.3 Å². The Morgan fingerprint density at radius 1 is 1.50 bits per heavy atom. The molecule has 0 saturated carbocycles. The summed E-state index contributed by atoms with van der Waals surface area (Å²) < 4.78 is 5.32. The van der Waals surface area contributed by atoms with Crippen LogP contribution in [0.3, 0.4) is 0 Å². The Labute approximate surface area is 123 Å². The maximum Gasteiger partial charge on any atom is 0.315 e. The van der Waals surface area contributed by atoms with E-state index in [0.717, 1.165) is 37.0 Å². The van der Waals surface area contributed by atoms with Gasteiger partial charge in [0.1, 0.15) is 0 Å². The van der Waals surface area contributed by atoms with Crippen LogP contribution in [0.4, 0.5) is 4.79 Å². The second kappa shape index (κ2) is 7.56. The summed E-state index contributed by atoms with van der Waals surface area (Å²) in [6.07, 6.45) is 0. The Bertz CT molecular complexity index is 432. The van der Waals surface area contributed by atoms with Crippen LogP contribution in [0, 0.1) is 6.92 Å². The predicted octanol–water partition coefficient (Wildman–Crippen LogP) is 0.971. The number of ether oxygens (including phenoxy) is 1. The lowest BCUT2D eigenvalue weighted by molar-refractivity contribution is 0.0209. The molecule has 6 nitrogen and oxygen atoms in total. The summed E-state index contributed by atoms with van der Waals surface area (Å²) in [7, 11) is 0. The van der Waals surface area contributed by atoms with Gasteiger partial charge in [0.05, 0.1) is 30.5 Å². The van der Waals surface area contributed by atoms with Crippen molar-refractivity contribution < 1.29 is 9.53 Å². The number of carbonyl (C=O) groups excluding carboxylic acids is 1. The van der Waals surface area contributed by atoms with E-state index in [4.69, 9.17) is 4.74 Å². The van der Waals surface area contributed by atoms with Gasteiger partial charge in [-0.2, -0.15) is 0 Å². The third-order valence-corrected chi connectivity index (χ3v) is 4.15. The molecule has 1 aromatic heterocycles. The zero-order chi connectivity index (χ0) is 14.4. The van der Waals surface area contributed by atoms with Gasteiger partial charge in [0.15, 0.2) is 0 Å². The smallest absolute Gasteiger partial charge is 0.315 e. The highest BCUT2D eigenvalue weighted by atomic mass is 32.1. The first-order valence-electron chi connectivity index (χ1n) is 6.89. The summed E-state index contributed by atoms with van der Waals surface area (Å²) in [5.41, 5.74) is 0.906.